The van der Waals surface area contributed by atoms with E-state index in [1.807, 2.05) is 13.2 Å². The molecule has 0 saturated carbocycles. The summed E-state index contributed by atoms with van der Waals surface area (Å²) >= 11 is 1.73. The molecule has 0 unspecified atom stereocenters. The van der Waals surface area contributed by atoms with Crippen molar-refractivity contribution in [2.24, 2.45) is 5.92 Å². The van der Waals surface area contributed by atoms with Gasteiger partial charge in [-0.25, -0.2) is 0 Å². The number of piperidine rings is 1. The zero-order valence-electron chi connectivity index (χ0n) is 12.6. The maximum Gasteiger partial charge on any atom is 0.0703 e. The van der Waals surface area contributed by atoms with E-state index in [2.05, 4.69) is 37.2 Å². The maximum absolute atomic E-state index is 4.24. The van der Waals surface area contributed by atoms with Crippen molar-refractivity contribution in [2.75, 3.05) is 26.7 Å². The number of likely N-dealkylation sites (tertiary alicyclic amines) is 1. The molecule has 21 heavy (non-hydrogen) atoms. The van der Waals surface area contributed by atoms with Crippen molar-refractivity contribution in [1.29, 1.82) is 0 Å². The summed E-state index contributed by atoms with van der Waals surface area (Å²) in [7, 11) is 2.04. The van der Waals surface area contributed by atoms with Crippen molar-refractivity contribution in [2.45, 2.75) is 25.8 Å². The Labute approximate surface area is 130 Å². The summed E-state index contributed by atoms with van der Waals surface area (Å²) in [6.45, 7) is 4.58. The highest BCUT2D eigenvalue weighted by Gasteiger charge is 2.20. The monoisotopic (exact) mass is 304 g/mol. The first-order chi connectivity index (χ1) is 10.4. The van der Waals surface area contributed by atoms with Gasteiger partial charge < -0.3 is 5.32 Å². The summed E-state index contributed by atoms with van der Waals surface area (Å²) in [6.07, 6.45) is 5.96. The molecule has 2 N–H and O–H groups in total. The van der Waals surface area contributed by atoms with E-state index < -0.39 is 0 Å². The molecule has 3 heterocycles. The standard InChI is InChI=1S/C16H24N4S/c1-17-6-2-13-3-7-20(8-4-13)11-15-10-18-19-16(15)14-5-9-21-12-14/h5,9-10,12-13,17H,2-4,6-8,11H2,1H3,(H,18,19). The summed E-state index contributed by atoms with van der Waals surface area (Å²) in [5.74, 6) is 0.898. The van der Waals surface area contributed by atoms with Crippen LogP contribution in [0.2, 0.25) is 0 Å². The summed E-state index contributed by atoms with van der Waals surface area (Å²) in [5.41, 5.74) is 3.77. The third-order valence-corrected chi connectivity index (χ3v) is 5.11. The largest absolute Gasteiger partial charge is 0.320 e. The SMILES string of the molecule is CNCCC1CCN(Cc2cn[nH]c2-c2ccsc2)CC1. The number of H-pyrrole nitrogens is 1. The summed E-state index contributed by atoms with van der Waals surface area (Å²) in [5, 5.41) is 15.0. The fourth-order valence-corrected chi connectivity index (χ4v) is 3.76. The van der Waals surface area contributed by atoms with Gasteiger partial charge in [0.1, 0.15) is 0 Å². The molecule has 5 heteroatoms. The summed E-state index contributed by atoms with van der Waals surface area (Å²) < 4.78 is 0. The number of rotatable bonds is 6. The molecule has 1 fully saturated rings. The Hall–Kier alpha value is -1.17. The van der Waals surface area contributed by atoms with Crippen LogP contribution in [0.1, 0.15) is 24.8 Å². The quantitative estimate of drug-likeness (QED) is 0.862. The highest BCUT2D eigenvalue weighted by molar-refractivity contribution is 7.08. The number of thiophene rings is 1. The van der Waals surface area contributed by atoms with Crippen molar-refractivity contribution >= 4 is 11.3 Å². The Balaban J connectivity index is 1.56. The van der Waals surface area contributed by atoms with Crippen LogP contribution < -0.4 is 5.32 Å². The van der Waals surface area contributed by atoms with E-state index >= 15 is 0 Å². The first kappa shape index (κ1) is 14.8. The van der Waals surface area contributed by atoms with Crippen LogP contribution in [0.25, 0.3) is 11.3 Å². The van der Waals surface area contributed by atoms with Gasteiger partial charge in [0.25, 0.3) is 0 Å². The third kappa shape index (κ3) is 3.73. The second-order valence-corrected chi connectivity index (χ2v) is 6.67. The predicted octanol–water partition coefficient (Wildman–Crippen LogP) is 2.96. The van der Waals surface area contributed by atoms with Gasteiger partial charge in [0.15, 0.2) is 0 Å². The molecule has 4 nitrogen and oxygen atoms in total. The Morgan fingerprint density at radius 2 is 2.29 bits per heavy atom. The van der Waals surface area contributed by atoms with Gasteiger partial charge in [0.05, 0.1) is 11.9 Å². The van der Waals surface area contributed by atoms with Crippen LogP contribution in [0.4, 0.5) is 0 Å². The molecule has 0 bridgehead atoms. The molecular formula is C16H24N4S. The van der Waals surface area contributed by atoms with E-state index in [0.717, 1.165) is 19.0 Å². The Morgan fingerprint density at radius 1 is 1.43 bits per heavy atom. The highest BCUT2D eigenvalue weighted by atomic mass is 32.1. The van der Waals surface area contributed by atoms with Gasteiger partial charge in [-0.15, -0.1) is 0 Å². The van der Waals surface area contributed by atoms with E-state index in [1.165, 1.54) is 49.2 Å². The molecule has 0 amide bonds. The molecule has 1 aliphatic heterocycles. The van der Waals surface area contributed by atoms with Crippen LogP contribution in [0, 0.1) is 5.92 Å². The Morgan fingerprint density at radius 3 is 3.00 bits per heavy atom. The molecule has 2 aromatic heterocycles. The van der Waals surface area contributed by atoms with E-state index in [-0.39, 0.29) is 0 Å². The molecule has 0 radical (unpaired) electrons. The maximum atomic E-state index is 4.24. The van der Waals surface area contributed by atoms with E-state index in [1.54, 1.807) is 11.3 Å². The molecule has 114 valence electrons. The number of nitrogens with zero attached hydrogens (tertiary/aromatic N) is 2. The van der Waals surface area contributed by atoms with Crippen LogP contribution in [-0.4, -0.2) is 41.8 Å². The summed E-state index contributed by atoms with van der Waals surface area (Å²) in [6, 6.07) is 2.16. The molecule has 0 aromatic carbocycles. The molecule has 1 saturated heterocycles. The fraction of sp³-hybridized carbons (Fsp3) is 0.562. The van der Waals surface area contributed by atoms with Crippen molar-refractivity contribution in [3.8, 4) is 11.3 Å². The minimum atomic E-state index is 0.898. The average Bonchev–Trinajstić information content (AvgIpc) is 3.17. The topological polar surface area (TPSA) is 44.0 Å². The molecule has 2 aromatic rings. The Kier molecular flexibility index (Phi) is 5.06. The Bertz CT molecular complexity index is 526. The molecule has 0 atom stereocenters. The zero-order valence-corrected chi connectivity index (χ0v) is 13.5. The van der Waals surface area contributed by atoms with Gasteiger partial charge in [0, 0.05) is 23.1 Å². The molecule has 0 spiro atoms. The first-order valence-corrected chi connectivity index (χ1v) is 8.73. The van der Waals surface area contributed by atoms with Crippen molar-refractivity contribution in [3.63, 3.8) is 0 Å². The zero-order chi connectivity index (χ0) is 14.5. The molecular weight excluding hydrogens is 280 g/mol. The van der Waals surface area contributed by atoms with Gasteiger partial charge in [-0.3, -0.25) is 10.00 Å². The van der Waals surface area contributed by atoms with Crippen molar-refractivity contribution in [1.82, 2.24) is 20.4 Å². The number of aromatic nitrogens is 2. The average molecular weight is 304 g/mol. The van der Waals surface area contributed by atoms with Gasteiger partial charge in [0.2, 0.25) is 0 Å². The lowest BCUT2D eigenvalue weighted by Gasteiger charge is -2.31. The van der Waals surface area contributed by atoms with Gasteiger partial charge >= 0.3 is 0 Å². The van der Waals surface area contributed by atoms with Crippen molar-refractivity contribution < 1.29 is 0 Å². The highest BCUT2D eigenvalue weighted by Crippen LogP contribution is 2.26. The lowest BCUT2D eigenvalue weighted by molar-refractivity contribution is 0.172. The lowest BCUT2D eigenvalue weighted by atomic mass is 9.93. The number of hydrogen-bond acceptors (Lipinski definition) is 4. The number of nitrogens with one attached hydrogen (secondary N) is 2. The normalized spacial score (nSPS) is 17.4. The van der Waals surface area contributed by atoms with Gasteiger partial charge in [-0.05, 0) is 63.3 Å². The molecule has 0 aliphatic carbocycles. The van der Waals surface area contributed by atoms with Crippen LogP contribution in [0.3, 0.4) is 0 Å². The van der Waals surface area contributed by atoms with Crippen LogP contribution in [0.15, 0.2) is 23.0 Å². The first-order valence-electron chi connectivity index (χ1n) is 7.78. The smallest absolute Gasteiger partial charge is 0.0703 e. The summed E-state index contributed by atoms with van der Waals surface area (Å²) in [4.78, 5) is 2.57. The minimum absolute atomic E-state index is 0.898. The second-order valence-electron chi connectivity index (χ2n) is 5.89. The van der Waals surface area contributed by atoms with Gasteiger partial charge in [-0.2, -0.15) is 16.4 Å². The van der Waals surface area contributed by atoms with Crippen molar-refractivity contribution in [3.05, 3.63) is 28.6 Å². The lowest BCUT2D eigenvalue weighted by Crippen LogP contribution is -2.34. The predicted molar refractivity (Wildman–Crippen MR) is 88.4 cm³/mol. The fourth-order valence-electron chi connectivity index (χ4n) is 3.11. The van der Waals surface area contributed by atoms with Crippen LogP contribution in [-0.2, 0) is 6.54 Å². The van der Waals surface area contributed by atoms with Gasteiger partial charge in [-0.1, -0.05) is 0 Å². The third-order valence-electron chi connectivity index (χ3n) is 4.43. The molecule has 3 rings (SSSR count). The van der Waals surface area contributed by atoms with E-state index in [4.69, 9.17) is 0 Å². The number of aromatic amines is 1. The van der Waals surface area contributed by atoms with E-state index in [0.29, 0.717) is 0 Å². The minimum Gasteiger partial charge on any atom is -0.320 e. The molecule has 1 aliphatic rings. The van der Waals surface area contributed by atoms with Crippen LogP contribution >= 0.6 is 11.3 Å². The second kappa shape index (κ2) is 7.20. The van der Waals surface area contributed by atoms with E-state index in [9.17, 15) is 0 Å². The van der Waals surface area contributed by atoms with Crippen LogP contribution in [0.5, 0.6) is 0 Å². The number of hydrogen-bond donors (Lipinski definition) is 2.